The van der Waals surface area contributed by atoms with E-state index in [2.05, 4.69) is 10.6 Å². The molecule has 120 valence electrons. The Kier molecular flexibility index (Phi) is 6.63. The van der Waals surface area contributed by atoms with Crippen molar-refractivity contribution in [1.29, 1.82) is 5.26 Å². The Morgan fingerprint density at radius 2 is 1.81 bits per heavy atom. The van der Waals surface area contributed by atoms with Gasteiger partial charge in [0.05, 0.1) is 11.8 Å². The van der Waals surface area contributed by atoms with E-state index in [1.54, 1.807) is 26.8 Å². The molecule has 0 aromatic rings. The monoisotopic (exact) mass is 319 g/mol. The van der Waals surface area contributed by atoms with Crippen LogP contribution >= 0.6 is 0 Å². The molecule has 2 N–H and O–H groups in total. The Balaban J connectivity index is 4.95. The van der Waals surface area contributed by atoms with Crippen molar-refractivity contribution in [2.45, 2.75) is 45.4 Å². The third-order valence-electron chi connectivity index (χ3n) is 2.03. The fraction of sp³-hybridized carbons (Fsp3) is 0.750. The molecular formula is C12H21N3O5S. The van der Waals surface area contributed by atoms with Crippen LogP contribution < -0.4 is 10.6 Å². The van der Waals surface area contributed by atoms with Crippen LogP contribution in [0, 0.1) is 11.3 Å². The van der Waals surface area contributed by atoms with Crippen LogP contribution in [0.2, 0.25) is 0 Å². The first-order valence-corrected chi connectivity index (χ1v) is 8.27. The van der Waals surface area contributed by atoms with E-state index in [-0.39, 0.29) is 0 Å². The fourth-order valence-electron chi connectivity index (χ4n) is 1.28. The van der Waals surface area contributed by atoms with Crippen molar-refractivity contribution in [3.8, 4) is 6.07 Å². The van der Waals surface area contributed by atoms with E-state index in [1.807, 2.05) is 0 Å². The lowest BCUT2D eigenvalue weighted by atomic mass is 10.2. The van der Waals surface area contributed by atoms with Gasteiger partial charge in [0.1, 0.15) is 27.5 Å². The molecule has 0 fully saturated rings. The zero-order valence-electron chi connectivity index (χ0n) is 12.8. The molecule has 9 heteroatoms. The second-order valence-corrected chi connectivity index (χ2v) is 7.84. The number of hydrogen-bond donors (Lipinski definition) is 2. The molecular weight excluding hydrogens is 298 g/mol. The van der Waals surface area contributed by atoms with E-state index in [0.29, 0.717) is 0 Å². The van der Waals surface area contributed by atoms with Crippen molar-refractivity contribution < 1.29 is 22.7 Å². The van der Waals surface area contributed by atoms with Crippen molar-refractivity contribution >= 4 is 21.8 Å². The summed E-state index contributed by atoms with van der Waals surface area (Å²) in [6, 6.07) is -0.354. The van der Waals surface area contributed by atoms with E-state index in [4.69, 9.17) is 10.00 Å². The Labute approximate surface area is 124 Å². The molecule has 2 unspecified atom stereocenters. The maximum absolute atomic E-state index is 11.9. The number of nitriles is 1. The number of nitrogens with zero attached hydrogens (tertiary/aromatic N) is 1. The molecule has 0 aromatic carbocycles. The van der Waals surface area contributed by atoms with Gasteiger partial charge in [-0.25, -0.2) is 13.2 Å². The van der Waals surface area contributed by atoms with Gasteiger partial charge in [-0.2, -0.15) is 5.26 Å². The first-order chi connectivity index (χ1) is 9.34. The summed E-state index contributed by atoms with van der Waals surface area (Å²) in [5, 5.41) is 13.1. The normalized spacial score (nSPS) is 14.5. The minimum absolute atomic E-state index is 0.587. The van der Waals surface area contributed by atoms with E-state index in [0.717, 1.165) is 6.26 Å². The lowest BCUT2D eigenvalue weighted by molar-refractivity contribution is -0.123. The van der Waals surface area contributed by atoms with Gasteiger partial charge in [0.2, 0.25) is 5.91 Å². The molecule has 0 radical (unpaired) electrons. The minimum Gasteiger partial charge on any atom is -0.444 e. The SMILES string of the molecule is CC(C#N)NC(=O)C(CS(C)(=O)=O)NC(=O)OC(C)(C)C. The highest BCUT2D eigenvalue weighted by Gasteiger charge is 2.28. The Bertz CT molecular complexity index is 530. The topological polar surface area (TPSA) is 125 Å². The van der Waals surface area contributed by atoms with Crippen molar-refractivity contribution in [2.24, 2.45) is 0 Å². The Morgan fingerprint density at radius 3 is 2.19 bits per heavy atom. The number of amides is 2. The summed E-state index contributed by atoms with van der Waals surface area (Å²) in [4.78, 5) is 23.5. The maximum Gasteiger partial charge on any atom is 0.408 e. The molecule has 0 heterocycles. The molecule has 0 saturated carbocycles. The number of rotatable bonds is 5. The molecule has 0 bridgehead atoms. The first kappa shape index (κ1) is 19.2. The van der Waals surface area contributed by atoms with Gasteiger partial charge >= 0.3 is 6.09 Å². The molecule has 0 spiro atoms. The smallest absolute Gasteiger partial charge is 0.408 e. The van der Waals surface area contributed by atoms with Gasteiger partial charge in [-0.3, -0.25) is 4.79 Å². The van der Waals surface area contributed by atoms with E-state index in [1.165, 1.54) is 6.92 Å². The lowest BCUT2D eigenvalue weighted by Gasteiger charge is -2.23. The molecule has 0 aromatic heterocycles. The van der Waals surface area contributed by atoms with Crippen LogP contribution in [0.15, 0.2) is 0 Å². The van der Waals surface area contributed by atoms with Gasteiger partial charge in [-0.1, -0.05) is 0 Å². The summed E-state index contributed by atoms with van der Waals surface area (Å²) in [7, 11) is -3.51. The van der Waals surface area contributed by atoms with Crippen molar-refractivity contribution in [1.82, 2.24) is 10.6 Å². The van der Waals surface area contributed by atoms with Crippen LogP contribution in [-0.4, -0.2) is 50.1 Å². The van der Waals surface area contributed by atoms with Gasteiger partial charge in [0.25, 0.3) is 0 Å². The quantitative estimate of drug-likeness (QED) is 0.732. The van der Waals surface area contributed by atoms with Crippen LogP contribution in [-0.2, 0) is 19.4 Å². The molecule has 0 saturated heterocycles. The van der Waals surface area contributed by atoms with Crippen molar-refractivity contribution in [3.63, 3.8) is 0 Å². The molecule has 0 rings (SSSR count). The number of hydrogen-bond acceptors (Lipinski definition) is 6. The van der Waals surface area contributed by atoms with Crippen LogP contribution in [0.3, 0.4) is 0 Å². The van der Waals surface area contributed by atoms with E-state index in [9.17, 15) is 18.0 Å². The third kappa shape index (κ3) is 9.67. The number of carbonyl (C=O) groups is 2. The highest BCUT2D eigenvalue weighted by molar-refractivity contribution is 7.90. The second kappa shape index (κ2) is 7.26. The number of alkyl carbamates (subject to hydrolysis) is 1. The standard InChI is InChI=1S/C12H21N3O5S/c1-8(6-13)14-10(16)9(7-21(5,18)19)15-11(17)20-12(2,3)4/h8-9H,7H2,1-5H3,(H,14,16)(H,15,17). The van der Waals surface area contributed by atoms with Crippen LogP contribution in [0.4, 0.5) is 4.79 Å². The zero-order valence-corrected chi connectivity index (χ0v) is 13.6. The maximum atomic E-state index is 11.9. The van der Waals surface area contributed by atoms with Gasteiger partial charge in [-0.15, -0.1) is 0 Å². The summed E-state index contributed by atoms with van der Waals surface area (Å²) < 4.78 is 27.6. The lowest BCUT2D eigenvalue weighted by Crippen LogP contribution is -2.52. The zero-order chi connectivity index (χ0) is 16.8. The third-order valence-corrected chi connectivity index (χ3v) is 2.97. The highest BCUT2D eigenvalue weighted by atomic mass is 32.2. The number of ether oxygens (including phenoxy) is 1. The van der Waals surface area contributed by atoms with E-state index >= 15 is 0 Å². The summed E-state index contributed by atoms with van der Waals surface area (Å²) >= 11 is 0. The van der Waals surface area contributed by atoms with Gasteiger partial charge < -0.3 is 15.4 Å². The first-order valence-electron chi connectivity index (χ1n) is 6.21. The van der Waals surface area contributed by atoms with Crippen LogP contribution in [0.1, 0.15) is 27.7 Å². The molecule has 0 aliphatic heterocycles. The predicted molar refractivity (Wildman–Crippen MR) is 76.1 cm³/mol. The number of carbonyl (C=O) groups excluding carboxylic acids is 2. The fourth-order valence-corrected chi connectivity index (χ4v) is 2.12. The second-order valence-electron chi connectivity index (χ2n) is 5.65. The molecule has 8 nitrogen and oxygen atoms in total. The van der Waals surface area contributed by atoms with Gasteiger partial charge in [-0.05, 0) is 27.7 Å². The molecule has 0 aliphatic rings. The van der Waals surface area contributed by atoms with Gasteiger partial charge in [0.15, 0.2) is 0 Å². The van der Waals surface area contributed by atoms with Crippen molar-refractivity contribution in [2.75, 3.05) is 12.0 Å². The van der Waals surface area contributed by atoms with Crippen LogP contribution in [0.25, 0.3) is 0 Å². The van der Waals surface area contributed by atoms with Gasteiger partial charge in [0, 0.05) is 6.26 Å². The molecule has 2 amide bonds. The summed E-state index contributed by atoms with van der Waals surface area (Å²) in [5.41, 5.74) is -0.782. The number of sulfone groups is 1. The molecule has 21 heavy (non-hydrogen) atoms. The highest BCUT2D eigenvalue weighted by Crippen LogP contribution is 2.07. The average molecular weight is 319 g/mol. The average Bonchev–Trinajstić information content (AvgIpc) is 2.23. The summed E-state index contributed by atoms with van der Waals surface area (Å²) in [6.45, 7) is 6.34. The van der Waals surface area contributed by atoms with E-state index < -0.39 is 45.3 Å². The molecule has 2 atom stereocenters. The van der Waals surface area contributed by atoms with Crippen molar-refractivity contribution in [3.05, 3.63) is 0 Å². The largest absolute Gasteiger partial charge is 0.444 e. The summed E-state index contributed by atoms with van der Waals surface area (Å²) in [6.07, 6.45) is 0.0357. The van der Waals surface area contributed by atoms with Crippen LogP contribution in [0.5, 0.6) is 0 Å². The predicted octanol–water partition coefficient (Wildman–Crippen LogP) is -0.0474. The minimum atomic E-state index is -3.51. The Hall–Kier alpha value is -1.82. The Morgan fingerprint density at radius 1 is 1.29 bits per heavy atom. The summed E-state index contributed by atoms with van der Waals surface area (Å²) in [5.74, 6) is -1.35. The molecule has 0 aliphatic carbocycles. The number of nitrogens with one attached hydrogen (secondary N) is 2.